The molecule has 0 unspecified atom stereocenters. The maximum Gasteiger partial charge on any atom is 0.234 e. The molecule has 25 heavy (non-hydrogen) atoms. The van der Waals surface area contributed by atoms with E-state index in [1.54, 1.807) is 12.1 Å². The van der Waals surface area contributed by atoms with Gasteiger partial charge in [-0.1, -0.05) is 12.1 Å². The normalized spacial score (nSPS) is 21.6. The molecule has 1 atom stereocenters. The Hall–Kier alpha value is -1.46. The average Bonchev–Trinajstić information content (AvgIpc) is 3.47. The summed E-state index contributed by atoms with van der Waals surface area (Å²) >= 11 is 0. The standard InChI is InChI=1S/C20H27FN2O2/c21-16-7-5-13(6-8-16)18(24)11-23(17-9-10-17)12-19(25)22-20(14-1-2-14)15-3-4-15/h5-8,14-15,17-18,20,24H,1-4,9-12H2,(H,22,25)/t18-/m0/s1. The number of aliphatic hydroxyl groups excluding tert-OH is 1. The van der Waals surface area contributed by atoms with Crippen LogP contribution < -0.4 is 5.32 Å². The molecule has 0 heterocycles. The van der Waals surface area contributed by atoms with Crippen LogP contribution in [0.15, 0.2) is 24.3 Å². The van der Waals surface area contributed by atoms with E-state index in [-0.39, 0.29) is 11.7 Å². The number of aliphatic hydroxyl groups is 1. The van der Waals surface area contributed by atoms with Crippen LogP contribution in [-0.2, 0) is 4.79 Å². The lowest BCUT2D eigenvalue weighted by Gasteiger charge is -2.26. The largest absolute Gasteiger partial charge is 0.387 e. The van der Waals surface area contributed by atoms with E-state index < -0.39 is 6.10 Å². The molecule has 1 aromatic rings. The van der Waals surface area contributed by atoms with Gasteiger partial charge >= 0.3 is 0 Å². The van der Waals surface area contributed by atoms with Crippen LogP contribution in [0.25, 0.3) is 0 Å². The Morgan fingerprint density at radius 2 is 1.72 bits per heavy atom. The second-order valence-corrected chi connectivity index (χ2v) is 8.00. The van der Waals surface area contributed by atoms with Crippen molar-refractivity contribution >= 4 is 5.91 Å². The highest BCUT2D eigenvalue weighted by Crippen LogP contribution is 2.44. The molecule has 3 saturated carbocycles. The first-order valence-corrected chi connectivity index (χ1v) is 9.57. The van der Waals surface area contributed by atoms with E-state index in [1.807, 2.05) is 0 Å². The first-order chi connectivity index (χ1) is 12.1. The van der Waals surface area contributed by atoms with Crippen LogP contribution in [0.4, 0.5) is 4.39 Å². The zero-order valence-corrected chi connectivity index (χ0v) is 14.5. The van der Waals surface area contributed by atoms with Gasteiger partial charge in [0, 0.05) is 18.6 Å². The molecule has 136 valence electrons. The summed E-state index contributed by atoms with van der Waals surface area (Å²) < 4.78 is 13.0. The summed E-state index contributed by atoms with van der Waals surface area (Å²) in [5, 5.41) is 13.7. The number of halogens is 1. The fourth-order valence-corrected chi connectivity index (χ4v) is 3.74. The van der Waals surface area contributed by atoms with E-state index >= 15 is 0 Å². The van der Waals surface area contributed by atoms with Crippen LogP contribution in [0.3, 0.4) is 0 Å². The zero-order chi connectivity index (χ0) is 17.4. The maximum atomic E-state index is 13.0. The molecular weight excluding hydrogens is 319 g/mol. The Morgan fingerprint density at radius 3 is 2.24 bits per heavy atom. The van der Waals surface area contributed by atoms with Crippen LogP contribution in [0.5, 0.6) is 0 Å². The summed E-state index contributed by atoms with van der Waals surface area (Å²) in [5.74, 6) is 1.16. The van der Waals surface area contributed by atoms with Gasteiger partial charge in [-0.3, -0.25) is 9.69 Å². The van der Waals surface area contributed by atoms with Gasteiger partial charge in [-0.25, -0.2) is 4.39 Å². The maximum absolute atomic E-state index is 13.0. The quantitative estimate of drug-likeness (QED) is 0.723. The van der Waals surface area contributed by atoms with E-state index in [1.165, 1.54) is 37.8 Å². The summed E-state index contributed by atoms with van der Waals surface area (Å²) in [6.45, 7) is 0.764. The molecule has 5 heteroatoms. The van der Waals surface area contributed by atoms with Crippen molar-refractivity contribution < 1.29 is 14.3 Å². The summed E-state index contributed by atoms with van der Waals surface area (Å²) in [4.78, 5) is 14.6. The van der Waals surface area contributed by atoms with E-state index in [0.29, 0.717) is 42.6 Å². The number of carbonyl (C=O) groups excluding carboxylic acids is 1. The van der Waals surface area contributed by atoms with Crippen molar-refractivity contribution in [1.29, 1.82) is 0 Å². The fourth-order valence-electron chi connectivity index (χ4n) is 3.74. The van der Waals surface area contributed by atoms with Gasteiger partial charge in [-0.05, 0) is 68.1 Å². The minimum Gasteiger partial charge on any atom is -0.387 e. The lowest BCUT2D eigenvalue weighted by atomic mass is 10.1. The second-order valence-electron chi connectivity index (χ2n) is 8.00. The molecule has 0 spiro atoms. The topological polar surface area (TPSA) is 52.6 Å². The molecule has 2 N–H and O–H groups in total. The molecule has 0 aromatic heterocycles. The fraction of sp³-hybridized carbons (Fsp3) is 0.650. The third-order valence-corrected chi connectivity index (χ3v) is 5.66. The molecule has 0 radical (unpaired) electrons. The Bertz CT molecular complexity index is 597. The predicted octanol–water partition coefficient (Wildman–Crippen LogP) is 2.63. The Labute approximate surface area is 148 Å². The van der Waals surface area contributed by atoms with Gasteiger partial charge < -0.3 is 10.4 Å². The number of carbonyl (C=O) groups is 1. The number of nitrogens with one attached hydrogen (secondary N) is 1. The lowest BCUT2D eigenvalue weighted by Crippen LogP contribution is -2.45. The van der Waals surface area contributed by atoms with Crippen molar-refractivity contribution in [2.75, 3.05) is 13.1 Å². The third kappa shape index (κ3) is 4.59. The van der Waals surface area contributed by atoms with Crippen molar-refractivity contribution in [3.63, 3.8) is 0 Å². The van der Waals surface area contributed by atoms with Gasteiger partial charge in [0.05, 0.1) is 12.6 Å². The van der Waals surface area contributed by atoms with E-state index in [9.17, 15) is 14.3 Å². The highest BCUT2D eigenvalue weighted by atomic mass is 19.1. The first-order valence-electron chi connectivity index (χ1n) is 9.57. The van der Waals surface area contributed by atoms with Gasteiger partial charge in [-0.15, -0.1) is 0 Å². The Balaban J connectivity index is 1.32. The summed E-state index contributed by atoms with van der Waals surface area (Å²) in [5.41, 5.74) is 0.696. The SMILES string of the molecule is O=C(CN(C[C@H](O)c1ccc(F)cc1)C1CC1)NC(C1CC1)C1CC1. The second kappa shape index (κ2) is 7.04. The molecule has 3 aliphatic rings. The molecule has 3 fully saturated rings. The molecule has 1 amide bonds. The smallest absolute Gasteiger partial charge is 0.234 e. The number of hydrogen-bond donors (Lipinski definition) is 2. The van der Waals surface area contributed by atoms with Crippen molar-refractivity contribution in [2.45, 2.75) is 56.7 Å². The first kappa shape index (κ1) is 17.0. The summed E-state index contributed by atoms with van der Waals surface area (Å²) in [6.07, 6.45) is 6.45. The summed E-state index contributed by atoms with van der Waals surface area (Å²) in [7, 11) is 0. The van der Waals surface area contributed by atoms with Crippen LogP contribution in [0, 0.1) is 17.7 Å². The van der Waals surface area contributed by atoms with E-state index in [4.69, 9.17) is 0 Å². The Kier molecular flexibility index (Phi) is 4.78. The van der Waals surface area contributed by atoms with Gasteiger partial charge in [0.1, 0.15) is 5.82 Å². The van der Waals surface area contributed by atoms with E-state index in [0.717, 1.165) is 12.8 Å². The van der Waals surface area contributed by atoms with Gasteiger partial charge in [0.25, 0.3) is 0 Å². The summed E-state index contributed by atoms with van der Waals surface area (Å²) in [6, 6.07) is 6.71. The molecule has 4 rings (SSSR count). The number of benzene rings is 1. The average molecular weight is 346 g/mol. The number of nitrogens with zero attached hydrogens (tertiary/aromatic N) is 1. The number of amides is 1. The Morgan fingerprint density at radius 1 is 1.12 bits per heavy atom. The molecule has 1 aromatic carbocycles. The van der Waals surface area contributed by atoms with Gasteiger partial charge in [0.15, 0.2) is 0 Å². The van der Waals surface area contributed by atoms with Crippen LogP contribution >= 0.6 is 0 Å². The molecule has 0 aliphatic heterocycles. The van der Waals surface area contributed by atoms with Crippen molar-refractivity contribution in [3.05, 3.63) is 35.6 Å². The number of hydrogen-bond acceptors (Lipinski definition) is 3. The van der Waals surface area contributed by atoms with Gasteiger partial charge in [0.2, 0.25) is 5.91 Å². The minimum absolute atomic E-state index is 0.0852. The van der Waals surface area contributed by atoms with Crippen LogP contribution in [-0.4, -0.2) is 41.1 Å². The zero-order valence-electron chi connectivity index (χ0n) is 14.5. The third-order valence-electron chi connectivity index (χ3n) is 5.66. The van der Waals surface area contributed by atoms with Crippen molar-refractivity contribution in [1.82, 2.24) is 10.2 Å². The van der Waals surface area contributed by atoms with Crippen molar-refractivity contribution in [2.24, 2.45) is 11.8 Å². The molecular formula is C20H27FN2O2. The number of rotatable bonds is 9. The van der Waals surface area contributed by atoms with E-state index in [2.05, 4.69) is 10.2 Å². The molecule has 3 aliphatic carbocycles. The molecule has 0 bridgehead atoms. The highest BCUT2D eigenvalue weighted by Gasteiger charge is 2.42. The molecule has 0 saturated heterocycles. The molecule has 4 nitrogen and oxygen atoms in total. The van der Waals surface area contributed by atoms with Gasteiger partial charge in [-0.2, -0.15) is 0 Å². The highest BCUT2D eigenvalue weighted by molar-refractivity contribution is 5.78. The van der Waals surface area contributed by atoms with Crippen LogP contribution in [0.2, 0.25) is 0 Å². The lowest BCUT2D eigenvalue weighted by molar-refractivity contribution is -0.123. The van der Waals surface area contributed by atoms with Crippen molar-refractivity contribution in [3.8, 4) is 0 Å². The predicted molar refractivity (Wildman–Crippen MR) is 93.3 cm³/mol. The minimum atomic E-state index is -0.698. The monoisotopic (exact) mass is 346 g/mol. The van der Waals surface area contributed by atoms with Crippen LogP contribution in [0.1, 0.15) is 50.2 Å².